The number of carbonyl (C=O) groups is 2. The highest BCUT2D eigenvalue weighted by Crippen LogP contribution is 2.26. The molecule has 166 valence electrons. The van der Waals surface area contributed by atoms with E-state index in [0.29, 0.717) is 0 Å². The number of aromatic amines is 1. The van der Waals surface area contributed by atoms with Gasteiger partial charge in [0.25, 0.3) is 0 Å². The molecule has 2 aliphatic heterocycles. The third-order valence-corrected chi connectivity index (χ3v) is 6.34. The number of H-pyrrole nitrogens is 1. The summed E-state index contributed by atoms with van der Waals surface area (Å²) >= 11 is 0. The minimum atomic E-state index is -0.103. The first-order valence-corrected chi connectivity index (χ1v) is 11.2. The lowest BCUT2D eigenvalue weighted by Crippen LogP contribution is -2.41. The maximum atomic E-state index is 12.7. The molecule has 4 N–H and O–H groups in total. The third-order valence-electron chi connectivity index (χ3n) is 6.34. The molecule has 0 bridgehead atoms. The van der Waals surface area contributed by atoms with Crippen LogP contribution in [0.1, 0.15) is 25.7 Å². The Morgan fingerprint density at radius 3 is 2.41 bits per heavy atom. The number of hydrogen-bond acceptors (Lipinski definition) is 5. The number of carbonyl (C=O) groups excluding carboxylic acids is 2. The van der Waals surface area contributed by atoms with Crippen LogP contribution in [-0.2, 0) is 9.59 Å². The summed E-state index contributed by atoms with van der Waals surface area (Å²) in [5.74, 6) is 0.851. The molecule has 1 aromatic heterocycles. The Morgan fingerprint density at radius 2 is 1.72 bits per heavy atom. The van der Waals surface area contributed by atoms with Crippen molar-refractivity contribution >= 4 is 34.2 Å². The average molecular weight is 433 g/mol. The number of imidazole rings is 1. The molecule has 2 unspecified atom stereocenters. The standard InChI is InChI=1S/C24H28N6O2/c1-30(24(32)20-5-3-13-26-20)17-10-11-18-21(14-17)29-22(28-18)15-6-8-16(9-7-15)27-23(31)19-4-2-12-25-19/h6-11,14,19-20,25-26H,2-5,12-13H2,1H3,(H,27,31)(H,28,29). The number of nitrogens with one attached hydrogen (secondary N) is 4. The lowest BCUT2D eigenvalue weighted by molar-refractivity contribution is -0.120. The van der Waals surface area contributed by atoms with Crippen molar-refractivity contribution in [1.82, 2.24) is 20.6 Å². The monoisotopic (exact) mass is 432 g/mol. The second-order valence-electron chi connectivity index (χ2n) is 8.55. The summed E-state index contributed by atoms with van der Waals surface area (Å²) in [4.78, 5) is 34.7. The largest absolute Gasteiger partial charge is 0.338 e. The number of fused-ring (bicyclic) bond motifs is 1. The molecule has 2 fully saturated rings. The first-order chi connectivity index (χ1) is 15.6. The highest BCUT2D eigenvalue weighted by atomic mass is 16.2. The number of benzene rings is 2. The maximum Gasteiger partial charge on any atom is 0.243 e. The second kappa shape index (κ2) is 8.72. The topological polar surface area (TPSA) is 102 Å². The van der Waals surface area contributed by atoms with Crippen LogP contribution in [-0.4, -0.2) is 54.0 Å². The summed E-state index contributed by atoms with van der Waals surface area (Å²) in [6, 6.07) is 13.3. The van der Waals surface area contributed by atoms with Gasteiger partial charge in [0.2, 0.25) is 11.8 Å². The fraction of sp³-hybridized carbons (Fsp3) is 0.375. The lowest BCUT2D eigenvalue weighted by atomic mass is 10.1. The molecule has 0 aliphatic carbocycles. The predicted molar refractivity (Wildman–Crippen MR) is 126 cm³/mol. The number of nitrogens with zero attached hydrogens (tertiary/aromatic N) is 2. The molecule has 2 aliphatic rings. The van der Waals surface area contributed by atoms with Gasteiger partial charge in [0.15, 0.2) is 0 Å². The van der Waals surface area contributed by atoms with E-state index >= 15 is 0 Å². The molecule has 3 aromatic rings. The second-order valence-corrected chi connectivity index (χ2v) is 8.55. The Morgan fingerprint density at radius 1 is 1.00 bits per heavy atom. The molecule has 8 heteroatoms. The normalized spacial score (nSPS) is 20.5. The zero-order valence-corrected chi connectivity index (χ0v) is 18.1. The fourth-order valence-electron chi connectivity index (χ4n) is 4.45. The molecule has 0 radical (unpaired) electrons. The molecule has 0 saturated carbocycles. The summed E-state index contributed by atoms with van der Waals surface area (Å²) < 4.78 is 0. The SMILES string of the molecule is CN(C(=O)C1CCCN1)c1ccc2nc(-c3ccc(NC(=O)C4CCCN4)cc3)[nH]c2c1. The minimum Gasteiger partial charge on any atom is -0.338 e. The van der Waals surface area contributed by atoms with E-state index < -0.39 is 0 Å². The highest BCUT2D eigenvalue weighted by Gasteiger charge is 2.26. The van der Waals surface area contributed by atoms with Gasteiger partial charge in [-0.1, -0.05) is 0 Å². The zero-order valence-electron chi connectivity index (χ0n) is 18.1. The van der Waals surface area contributed by atoms with E-state index in [1.165, 1.54) is 0 Å². The molecule has 2 aromatic carbocycles. The van der Waals surface area contributed by atoms with Crippen LogP contribution in [0.15, 0.2) is 42.5 Å². The van der Waals surface area contributed by atoms with E-state index in [2.05, 4.69) is 20.9 Å². The van der Waals surface area contributed by atoms with Crippen molar-refractivity contribution in [3.63, 3.8) is 0 Å². The number of likely N-dealkylation sites (N-methyl/N-ethyl adjacent to an activating group) is 1. The fourth-order valence-corrected chi connectivity index (χ4v) is 4.45. The van der Waals surface area contributed by atoms with Crippen molar-refractivity contribution < 1.29 is 9.59 Å². The van der Waals surface area contributed by atoms with Crippen molar-refractivity contribution in [2.24, 2.45) is 0 Å². The molecule has 2 atom stereocenters. The molecule has 3 heterocycles. The van der Waals surface area contributed by atoms with Gasteiger partial charge in [0.1, 0.15) is 5.82 Å². The van der Waals surface area contributed by atoms with Crippen LogP contribution in [0.4, 0.5) is 11.4 Å². The molecule has 0 spiro atoms. The van der Waals surface area contributed by atoms with Crippen molar-refractivity contribution in [3.05, 3.63) is 42.5 Å². The van der Waals surface area contributed by atoms with Crippen LogP contribution >= 0.6 is 0 Å². The van der Waals surface area contributed by atoms with Gasteiger partial charge in [0, 0.05) is 24.0 Å². The summed E-state index contributed by atoms with van der Waals surface area (Å²) in [7, 11) is 1.81. The summed E-state index contributed by atoms with van der Waals surface area (Å²) in [6.45, 7) is 1.79. The molecule has 2 amide bonds. The molecular weight excluding hydrogens is 404 g/mol. The molecule has 8 nitrogen and oxygen atoms in total. The average Bonchev–Trinajstić information content (AvgIpc) is 3.59. The Kier molecular flexibility index (Phi) is 5.63. The van der Waals surface area contributed by atoms with Crippen LogP contribution in [0.3, 0.4) is 0 Å². The van der Waals surface area contributed by atoms with E-state index in [4.69, 9.17) is 4.98 Å². The number of amides is 2. The summed E-state index contributed by atoms with van der Waals surface area (Å²) in [6.07, 6.45) is 3.83. The Hall–Kier alpha value is -3.23. The van der Waals surface area contributed by atoms with Gasteiger partial charge in [-0.25, -0.2) is 4.98 Å². The van der Waals surface area contributed by atoms with Gasteiger partial charge < -0.3 is 25.8 Å². The Labute approximate surface area is 186 Å². The predicted octanol–water partition coefficient (Wildman–Crippen LogP) is 2.64. The van der Waals surface area contributed by atoms with Crippen LogP contribution in [0.5, 0.6) is 0 Å². The molecule has 5 rings (SSSR count). The van der Waals surface area contributed by atoms with Gasteiger partial charge in [-0.05, 0) is 81.2 Å². The van der Waals surface area contributed by atoms with E-state index in [1.807, 2.05) is 49.5 Å². The number of hydrogen-bond donors (Lipinski definition) is 4. The molecule has 32 heavy (non-hydrogen) atoms. The Bertz CT molecular complexity index is 1130. The van der Waals surface area contributed by atoms with Gasteiger partial charge in [-0.3, -0.25) is 9.59 Å². The third kappa shape index (κ3) is 4.11. The first-order valence-electron chi connectivity index (χ1n) is 11.2. The van der Waals surface area contributed by atoms with Crippen molar-refractivity contribution in [3.8, 4) is 11.4 Å². The summed E-state index contributed by atoms with van der Waals surface area (Å²) in [5, 5.41) is 9.44. The van der Waals surface area contributed by atoms with Gasteiger partial charge in [-0.15, -0.1) is 0 Å². The van der Waals surface area contributed by atoms with E-state index in [9.17, 15) is 9.59 Å². The van der Waals surface area contributed by atoms with E-state index in [0.717, 1.165) is 72.6 Å². The van der Waals surface area contributed by atoms with E-state index in [-0.39, 0.29) is 23.9 Å². The zero-order chi connectivity index (χ0) is 22.1. The van der Waals surface area contributed by atoms with Crippen molar-refractivity contribution in [2.45, 2.75) is 37.8 Å². The van der Waals surface area contributed by atoms with Crippen LogP contribution in [0.25, 0.3) is 22.4 Å². The van der Waals surface area contributed by atoms with Gasteiger partial charge >= 0.3 is 0 Å². The molecular formula is C24H28N6O2. The minimum absolute atomic E-state index is 0.0120. The Balaban J connectivity index is 1.31. The van der Waals surface area contributed by atoms with Crippen LogP contribution in [0, 0.1) is 0 Å². The number of rotatable bonds is 5. The van der Waals surface area contributed by atoms with E-state index in [1.54, 1.807) is 4.90 Å². The van der Waals surface area contributed by atoms with Crippen LogP contribution in [0.2, 0.25) is 0 Å². The van der Waals surface area contributed by atoms with Crippen molar-refractivity contribution in [1.29, 1.82) is 0 Å². The van der Waals surface area contributed by atoms with Crippen molar-refractivity contribution in [2.75, 3.05) is 30.4 Å². The van der Waals surface area contributed by atoms with Crippen LogP contribution < -0.4 is 20.9 Å². The lowest BCUT2D eigenvalue weighted by Gasteiger charge is -2.21. The van der Waals surface area contributed by atoms with Gasteiger partial charge in [-0.2, -0.15) is 0 Å². The quantitative estimate of drug-likeness (QED) is 0.496. The highest BCUT2D eigenvalue weighted by molar-refractivity contribution is 5.98. The summed E-state index contributed by atoms with van der Waals surface area (Å²) in [5.41, 5.74) is 4.25. The number of aromatic nitrogens is 2. The smallest absolute Gasteiger partial charge is 0.243 e. The first kappa shape index (κ1) is 20.7. The molecule has 2 saturated heterocycles. The maximum absolute atomic E-state index is 12.7. The van der Waals surface area contributed by atoms with Gasteiger partial charge in [0.05, 0.1) is 23.1 Å². The number of anilines is 2.